The van der Waals surface area contributed by atoms with Crippen molar-refractivity contribution >= 4 is 33.1 Å². The average Bonchev–Trinajstić information content (AvgIpc) is 3.21. The molecule has 0 aliphatic carbocycles. The molecule has 5 rings (SSSR count). The molecule has 210 valence electrons. The van der Waals surface area contributed by atoms with Gasteiger partial charge in [0.05, 0.1) is 4.90 Å². The normalized spacial score (nSPS) is 17.4. The standard InChI is InChI=1S/C31H32N6O3S/c32-30(33)23-9-6-10-26(17-23)37-20-24(21-7-2-1-3-8-21)18-35-19-28(37)31(38)36-25-15-13-22(14-16-25)27-11-4-5-12-29(27)41(34,39)40/h1-17,24,28,35H,18-20H2,(H3,32,33)(H,36,38)(H2,34,39,40). The first kappa shape index (κ1) is 28.0. The van der Waals surface area contributed by atoms with Crippen molar-refractivity contribution in [2.75, 3.05) is 29.9 Å². The largest absolute Gasteiger partial charge is 0.384 e. The predicted molar refractivity (Wildman–Crippen MR) is 163 cm³/mol. The molecule has 9 nitrogen and oxygen atoms in total. The lowest BCUT2D eigenvalue weighted by Crippen LogP contribution is -2.48. The van der Waals surface area contributed by atoms with Crippen LogP contribution in [0.2, 0.25) is 0 Å². The van der Waals surface area contributed by atoms with Crippen LogP contribution in [0.3, 0.4) is 0 Å². The Labute approximate surface area is 239 Å². The smallest absolute Gasteiger partial charge is 0.248 e. The zero-order valence-corrected chi connectivity index (χ0v) is 23.1. The molecule has 4 aromatic carbocycles. The van der Waals surface area contributed by atoms with Gasteiger partial charge < -0.3 is 21.3 Å². The molecular weight excluding hydrogens is 536 g/mol. The highest BCUT2D eigenvalue weighted by Crippen LogP contribution is 2.29. The Morgan fingerprint density at radius 1 is 0.902 bits per heavy atom. The van der Waals surface area contributed by atoms with Gasteiger partial charge >= 0.3 is 0 Å². The molecule has 1 saturated heterocycles. The van der Waals surface area contributed by atoms with Crippen molar-refractivity contribution in [2.24, 2.45) is 10.9 Å². The van der Waals surface area contributed by atoms with E-state index in [0.717, 1.165) is 5.69 Å². The minimum Gasteiger partial charge on any atom is -0.384 e. The second-order valence-corrected chi connectivity index (χ2v) is 11.5. The summed E-state index contributed by atoms with van der Waals surface area (Å²) in [5.74, 6) is -0.102. The number of hydrogen-bond donors (Lipinski definition) is 5. The number of hydrogen-bond acceptors (Lipinski definition) is 6. The van der Waals surface area contributed by atoms with Crippen LogP contribution in [0.15, 0.2) is 108 Å². The summed E-state index contributed by atoms with van der Waals surface area (Å²) in [5.41, 5.74) is 10.1. The summed E-state index contributed by atoms with van der Waals surface area (Å²) in [6.45, 7) is 1.70. The van der Waals surface area contributed by atoms with E-state index in [-0.39, 0.29) is 22.6 Å². The molecule has 7 N–H and O–H groups in total. The molecule has 4 aromatic rings. The van der Waals surface area contributed by atoms with E-state index in [1.165, 1.54) is 11.6 Å². The van der Waals surface area contributed by atoms with E-state index in [2.05, 4.69) is 27.7 Å². The van der Waals surface area contributed by atoms with E-state index < -0.39 is 16.1 Å². The Kier molecular flexibility index (Phi) is 8.16. The number of nitrogens with zero attached hydrogens (tertiary/aromatic N) is 1. The number of nitrogens with one attached hydrogen (secondary N) is 3. The molecule has 0 radical (unpaired) electrons. The summed E-state index contributed by atoms with van der Waals surface area (Å²) in [6, 6.07) is 30.6. The first-order valence-electron chi connectivity index (χ1n) is 13.2. The lowest BCUT2D eigenvalue weighted by molar-refractivity contribution is -0.117. The predicted octanol–water partition coefficient (Wildman–Crippen LogP) is 3.49. The van der Waals surface area contributed by atoms with Crippen LogP contribution in [-0.2, 0) is 14.8 Å². The highest BCUT2D eigenvalue weighted by atomic mass is 32.2. The van der Waals surface area contributed by atoms with Gasteiger partial charge in [-0.15, -0.1) is 0 Å². The molecule has 1 heterocycles. The Hall–Kier alpha value is -4.51. The summed E-state index contributed by atoms with van der Waals surface area (Å²) >= 11 is 0. The monoisotopic (exact) mass is 568 g/mol. The number of nitrogens with two attached hydrogens (primary N) is 2. The van der Waals surface area contributed by atoms with Gasteiger partial charge in [-0.2, -0.15) is 0 Å². The minimum absolute atomic E-state index is 0.0375. The number of carbonyl (C=O) groups excluding carboxylic acids is 1. The fraction of sp³-hybridized carbons (Fsp3) is 0.161. The fourth-order valence-electron chi connectivity index (χ4n) is 5.17. The van der Waals surface area contributed by atoms with Crippen LogP contribution < -0.4 is 26.4 Å². The number of primary sulfonamides is 1. The van der Waals surface area contributed by atoms with Gasteiger partial charge in [-0.25, -0.2) is 13.6 Å². The molecule has 1 fully saturated rings. The molecule has 1 aliphatic heterocycles. The van der Waals surface area contributed by atoms with Gasteiger partial charge in [-0.05, 0) is 41.5 Å². The molecular formula is C31H32N6O3S. The lowest BCUT2D eigenvalue weighted by Gasteiger charge is -2.33. The lowest BCUT2D eigenvalue weighted by atomic mass is 9.98. The van der Waals surface area contributed by atoms with Gasteiger partial charge in [-0.3, -0.25) is 10.2 Å². The highest BCUT2D eigenvalue weighted by Gasteiger charge is 2.32. The third-order valence-electron chi connectivity index (χ3n) is 7.24. The van der Waals surface area contributed by atoms with Crippen LogP contribution in [-0.4, -0.2) is 45.8 Å². The Balaban J connectivity index is 1.42. The summed E-state index contributed by atoms with van der Waals surface area (Å²) in [7, 11) is -3.90. The van der Waals surface area contributed by atoms with Crippen molar-refractivity contribution in [1.29, 1.82) is 5.41 Å². The highest BCUT2D eigenvalue weighted by molar-refractivity contribution is 7.89. The van der Waals surface area contributed by atoms with Gasteiger partial charge in [0.15, 0.2) is 0 Å². The van der Waals surface area contributed by atoms with Crippen LogP contribution in [0.4, 0.5) is 11.4 Å². The van der Waals surface area contributed by atoms with E-state index in [1.807, 2.05) is 36.4 Å². The molecule has 2 atom stereocenters. The number of rotatable bonds is 7. The SMILES string of the molecule is N=C(N)c1cccc(N2CC(c3ccccc3)CNCC2C(=O)Nc2ccc(-c3ccccc3S(N)(=O)=O)cc2)c1. The van der Waals surface area contributed by atoms with Gasteiger partial charge in [-0.1, -0.05) is 72.8 Å². The summed E-state index contributed by atoms with van der Waals surface area (Å²) in [4.78, 5) is 15.9. The summed E-state index contributed by atoms with van der Waals surface area (Å²) in [6.07, 6.45) is 0. The van der Waals surface area contributed by atoms with Crippen molar-refractivity contribution < 1.29 is 13.2 Å². The van der Waals surface area contributed by atoms with Crippen molar-refractivity contribution in [3.8, 4) is 11.1 Å². The van der Waals surface area contributed by atoms with E-state index in [9.17, 15) is 13.2 Å². The second kappa shape index (κ2) is 11.9. The zero-order chi connectivity index (χ0) is 29.0. The molecule has 0 aromatic heterocycles. The number of sulfonamides is 1. The molecule has 10 heteroatoms. The number of carbonyl (C=O) groups is 1. The van der Waals surface area contributed by atoms with Gasteiger partial charge in [0.1, 0.15) is 11.9 Å². The molecule has 0 saturated carbocycles. The minimum atomic E-state index is -3.90. The van der Waals surface area contributed by atoms with Crippen molar-refractivity contribution in [2.45, 2.75) is 16.9 Å². The Morgan fingerprint density at radius 3 is 2.32 bits per heavy atom. The first-order valence-corrected chi connectivity index (χ1v) is 14.8. The van der Waals surface area contributed by atoms with E-state index in [4.69, 9.17) is 16.3 Å². The second-order valence-electron chi connectivity index (χ2n) is 10.0. The quantitative estimate of drug-likeness (QED) is 0.170. The van der Waals surface area contributed by atoms with Gasteiger partial charge in [0, 0.05) is 48.1 Å². The van der Waals surface area contributed by atoms with Crippen LogP contribution in [0.1, 0.15) is 17.0 Å². The number of amidine groups is 1. The molecule has 0 bridgehead atoms. The number of anilines is 2. The van der Waals surface area contributed by atoms with Crippen LogP contribution in [0.5, 0.6) is 0 Å². The van der Waals surface area contributed by atoms with Crippen LogP contribution in [0.25, 0.3) is 11.1 Å². The topological polar surface area (TPSA) is 154 Å². The van der Waals surface area contributed by atoms with Crippen molar-refractivity contribution in [3.05, 3.63) is 114 Å². The maximum atomic E-state index is 13.8. The number of benzene rings is 4. The molecule has 1 amide bonds. The Bertz CT molecular complexity index is 1660. The zero-order valence-electron chi connectivity index (χ0n) is 22.3. The van der Waals surface area contributed by atoms with Crippen molar-refractivity contribution in [3.63, 3.8) is 0 Å². The van der Waals surface area contributed by atoms with Crippen LogP contribution >= 0.6 is 0 Å². The molecule has 41 heavy (non-hydrogen) atoms. The van der Waals surface area contributed by atoms with E-state index in [0.29, 0.717) is 42.0 Å². The van der Waals surface area contributed by atoms with E-state index >= 15 is 0 Å². The number of nitrogen functional groups attached to an aromatic ring is 1. The first-order chi connectivity index (χ1) is 19.7. The molecule has 0 spiro atoms. The fourth-order valence-corrected chi connectivity index (χ4v) is 5.93. The van der Waals surface area contributed by atoms with E-state index in [1.54, 1.807) is 48.5 Å². The average molecular weight is 569 g/mol. The maximum absolute atomic E-state index is 13.8. The third kappa shape index (κ3) is 6.46. The third-order valence-corrected chi connectivity index (χ3v) is 8.21. The Morgan fingerprint density at radius 2 is 1.61 bits per heavy atom. The maximum Gasteiger partial charge on any atom is 0.248 e. The number of amides is 1. The van der Waals surface area contributed by atoms with Crippen molar-refractivity contribution in [1.82, 2.24) is 5.32 Å². The van der Waals surface area contributed by atoms with Gasteiger partial charge in [0.2, 0.25) is 15.9 Å². The van der Waals surface area contributed by atoms with Crippen LogP contribution in [0, 0.1) is 5.41 Å². The molecule has 2 unspecified atom stereocenters. The summed E-state index contributed by atoms with van der Waals surface area (Å²) in [5, 5.41) is 19.8. The summed E-state index contributed by atoms with van der Waals surface area (Å²) < 4.78 is 24.1. The molecule has 1 aliphatic rings. The van der Waals surface area contributed by atoms with Gasteiger partial charge in [0.25, 0.3) is 0 Å².